The van der Waals surface area contributed by atoms with Gasteiger partial charge in [-0.05, 0) is 12.1 Å². The van der Waals surface area contributed by atoms with Crippen LogP contribution in [0.25, 0.3) is 0 Å². The Morgan fingerprint density at radius 1 is 0.553 bits per heavy atom. The van der Waals surface area contributed by atoms with Gasteiger partial charge in [0.2, 0.25) is 11.6 Å². The first-order chi connectivity index (χ1) is 17.0. The molecule has 3 rings (SSSR count). The highest BCUT2D eigenvalue weighted by molar-refractivity contribution is 7.86. The zero-order chi connectivity index (χ0) is 29.2. The van der Waals surface area contributed by atoms with E-state index in [0.717, 1.165) is 0 Å². The SMILES string of the molecule is O=C1c2c(NCS(=O)(=O)O)cc(S(=O)(=O)O)c(O)c2C(=O)c2c(NCS(=O)(=O)O)cc(S(=O)(=O)O)c(O)c21. The van der Waals surface area contributed by atoms with E-state index in [4.69, 9.17) is 9.11 Å². The number of anilines is 2. The minimum atomic E-state index is -5.39. The second-order valence-corrected chi connectivity index (χ2v) is 13.1. The van der Waals surface area contributed by atoms with Crippen molar-refractivity contribution in [3.63, 3.8) is 0 Å². The van der Waals surface area contributed by atoms with Crippen molar-refractivity contribution in [1.82, 2.24) is 0 Å². The molecule has 38 heavy (non-hydrogen) atoms. The van der Waals surface area contributed by atoms with E-state index in [1.807, 2.05) is 10.6 Å². The molecule has 0 fully saturated rings. The molecular formula is C16H14N2O16S4. The number of benzene rings is 2. The maximum absolute atomic E-state index is 13.4. The van der Waals surface area contributed by atoms with Crippen LogP contribution in [0.15, 0.2) is 21.9 Å². The van der Waals surface area contributed by atoms with Gasteiger partial charge in [-0.15, -0.1) is 0 Å². The molecule has 0 aromatic heterocycles. The zero-order valence-electron chi connectivity index (χ0n) is 18.0. The average Bonchev–Trinajstić information content (AvgIpc) is 2.72. The topological polar surface area (TPSA) is 316 Å². The zero-order valence-corrected chi connectivity index (χ0v) is 21.2. The third-order valence-corrected chi connectivity index (χ3v) is 7.64. The van der Waals surface area contributed by atoms with Crippen LogP contribution < -0.4 is 10.6 Å². The number of hydrogen-bond acceptors (Lipinski definition) is 14. The largest absolute Gasteiger partial charge is 0.506 e. The van der Waals surface area contributed by atoms with E-state index in [-0.39, 0.29) is 12.1 Å². The normalized spacial score (nSPS) is 14.1. The van der Waals surface area contributed by atoms with Crippen molar-refractivity contribution in [2.45, 2.75) is 9.79 Å². The van der Waals surface area contributed by atoms with Gasteiger partial charge < -0.3 is 20.8 Å². The Bertz CT molecular complexity index is 1720. The Kier molecular flexibility index (Phi) is 7.01. The van der Waals surface area contributed by atoms with Crippen molar-refractivity contribution in [3.05, 3.63) is 34.4 Å². The van der Waals surface area contributed by atoms with Crippen LogP contribution in [0.1, 0.15) is 31.8 Å². The summed E-state index contributed by atoms with van der Waals surface area (Å²) in [6.07, 6.45) is 0. The minimum Gasteiger partial charge on any atom is -0.506 e. The van der Waals surface area contributed by atoms with Crippen LogP contribution in [0, 0.1) is 0 Å². The molecule has 208 valence electrons. The second-order valence-electron chi connectivity index (χ2n) is 7.46. The molecule has 18 nitrogen and oxygen atoms in total. The van der Waals surface area contributed by atoms with Crippen molar-refractivity contribution in [1.29, 1.82) is 0 Å². The number of carbonyl (C=O) groups is 2. The lowest BCUT2D eigenvalue weighted by molar-refractivity contribution is 0.0974. The van der Waals surface area contributed by atoms with Crippen LogP contribution in [0.5, 0.6) is 11.5 Å². The minimum absolute atomic E-state index is 0.284. The number of nitrogens with one attached hydrogen (secondary N) is 2. The molecule has 0 saturated carbocycles. The van der Waals surface area contributed by atoms with E-state index >= 15 is 0 Å². The third-order valence-electron chi connectivity index (χ3n) is 4.88. The molecule has 0 heterocycles. The predicted molar refractivity (Wildman–Crippen MR) is 123 cm³/mol. The summed E-state index contributed by atoms with van der Waals surface area (Å²) in [6, 6.07) is 0.568. The van der Waals surface area contributed by atoms with Crippen LogP contribution in [0.4, 0.5) is 11.4 Å². The monoisotopic (exact) mass is 618 g/mol. The highest BCUT2D eigenvalue weighted by Crippen LogP contribution is 2.46. The summed E-state index contributed by atoms with van der Waals surface area (Å²) in [6.45, 7) is 0. The van der Waals surface area contributed by atoms with Gasteiger partial charge >= 0.3 is 0 Å². The molecule has 0 saturated heterocycles. The van der Waals surface area contributed by atoms with Crippen molar-refractivity contribution >= 4 is 63.4 Å². The summed E-state index contributed by atoms with van der Waals surface area (Å²) in [5.74, 6) is -9.21. The Labute approximate surface area is 212 Å². The molecular weight excluding hydrogens is 604 g/mol. The molecule has 0 atom stereocenters. The van der Waals surface area contributed by atoms with Crippen molar-refractivity contribution < 1.29 is 71.7 Å². The fourth-order valence-corrected chi connectivity index (χ4v) is 5.37. The molecule has 2 aromatic carbocycles. The molecule has 2 aromatic rings. The predicted octanol–water partition coefficient (Wildman–Crippen LogP) is -1.12. The molecule has 0 radical (unpaired) electrons. The van der Waals surface area contributed by atoms with Crippen LogP contribution in [-0.4, -0.2) is 85.4 Å². The highest BCUT2D eigenvalue weighted by Gasteiger charge is 2.42. The smallest absolute Gasteiger partial charge is 0.298 e. The van der Waals surface area contributed by atoms with E-state index in [9.17, 15) is 62.6 Å². The van der Waals surface area contributed by atoms with Gasteiger partial charge in [0.05, 0.1) is 22.3 Å². The third kappa shape index (κ3) is 5.56. The number of carbonyl (C=O) groups excluding carboxylic acids is 2. The summed E-state index contributed by atoms with van der Waals surface area (Å²) >= 11 is 0. The number of aromatic hydroxyl groups is 2. The van der Waals surface area contributed by atoms with Gasteiger partial charge in [-0.25, -0.2) is 0 Å². The molecule has 1 aliphatic rings. The van der Waals surface area contributed by atoms with E-state index in [1.54, 1.807) is 0 Å². The van der Waals surface area contributed by atoms with Gasteiger partial charge in [-0.1, -0.05) is 0 Å². The lowest BCUT2D eigenvalue weighted by atomic mass is 9.81. The molecule has 0 aliphatic heterocycles. The summed E-state index contributed by atoms with van der Waals surface area (Å²) in [7, 11) is -20.6. The summed E-state index contributed by atoms with van der Waals surface area (Å²) in [5, 5.41) is 24.7. The fraction of sp³-hybridized carbons (Fsp3) is 0.125. The first kappa shape index (κ1) is 29.2. The quantitative estimate of drug-likeness (QED) is 0.109. The van der Waals surface area contributed by atoms with Crippen molar-refractivity contribution in [2.75, 3.05) is 22.4 Å². The molecule has 0 unspecified atom stereocenters. The Hall–Kier alpha value is -3.38. The number of phenolic OH excluding ortho intramolecular Hbond substituents is 2. The van der Waals surface area contributed by atoms with Crippen LogP contribution in [-0.2, 0) is 40.5 Å². The number of hydrogen-bond donors (Lipinski definition) is 8. The number of phenols is 2. The van der Waals surface area contributed by atoms with Crippen LogP contribution in [0.2, 0.25) is 0 Å². The molecule has 0 bridgehead atoms. The molecule has 0 amide bonds. The summed E-state index contributed by atoms with van der Waals surface area (Å²) in [4.78, 5) is 23.9. The van der Waals surface area contributed by atoms with E-state index < -0.39 is 119 Å². The lowest BCUT2D eigenvalue weighted by Crippen LogP contribution is -2.27. The van der Waals surface area contributed by atoms with Gasteiger partial charge in [-0.2, -0.15) is 33.7 Å². The van der Waals surface area contributed by atoms with Gasteiger partial charge in [0.1, 0.15) is 33.0 Å². The molecule has 0 spiro atoms. The second kappa shape index (κ2) is 9.12. The standard InChI is InChI=1S/C16H14N2O16S4/c19-13-7(37(29,30)31)1-5(17-3-35(23,24)25)9-11(13)16(22)10-6(18-4-36(26,27)28)2-8(38(32,33)34)14(20)12(10)15(9)21/h1-2,17-20H,3-4H2,(H,23,24,25)(H,26,27,28)(H,29,30,31)(H,32,33,34). The Balaban J connectivity index is 2.49. The van der Waals surface area contributed by atoms with Gasteiger partial charge in [0.15, 0.2) is 0 Å². The Morgan fingerprint density at radius 3 is 1.08 bits per heavy atom. The van der Waals surface area contributed by atoms with E-state index in [1.165, 1.54) is 0 Å². The van der Waals surface area contributed by atoms with Crippen LogP contribution in [0.3, 0.4) is 0 Å². The van der Waals surface area contributed by atoms with E-state index in [2.05, 4.69) is 0 Å². The molecule has 8 N–H and O–H groups in total. The van der Waals surface area contributed by atoms with E-state index in [0.29, 0.717) is 0 Å². The number of fused-ring (bicyclic) bond motifs is 2. The van der Waals surface area contributed by atoms with Gasteiger partial charge in [-0.3, -0.25) is 27.8 Å². The number of rotatable bonds is 8. The lowest BCUT2D eigenvalue weighted by Gasteiger charge is -2.25. The van der Waals surface area contributed by atoms with Crippen LogP contribution >= 0.6 is 0 Å². The van der Waals surface area contributed by atoms with Gasteiger partial charge in [0, 0.05) is 11.4 Å². The first-order valence-corrected chi connectivity index (χ1v) is 15.4. The van der Waals surface area contributed by atoms with Crippen molar-refractivity contribution in [2.24, 2.45) is 0 Å². The average molecular weight is 619 g/mol. The van der Waals surface area contributed by atoms with Crippen molar-refractivity contribution in [3.8, 4) is 11.5 Å². The summed E-state index contributed by atoms with van der Waals surface area (Å²) < 4.78 is 129. The summed E-state index contributed by atoms with van der Waals surface area (Å²) in [5.41, 5.74) is -6.53. The maximum atomic E-state index is 13.4. The first-order valence-electron chi connectivity index (χ1n) is 9.27. The fourth-order valence-electron chi connectivity index (χ4n) is 3.47. The molecule has 1 aliphatic carbocycles. The molecule has 22 heteroatoms. The maximum Gasteiger partial charge on any atom is 0.298 e. The van der Waals surface area contributed by atoms with Gasteiger partial charge in [0.25, 0.3) is 40.5 Å². The highest BCUT2D eigenvalue weighted by atomic mass is 32.2. The number of ketones is 2. The Morgan fingerprint density at radius 2 is 0.842 bits per heavy atom.